The average Bonchev–Trinajstić information content (AvgIpc) is 2.63. The van der Waals surface area contributed by atoms with Crippen LogP contribution in [-0.2, 0) is 14.3 Å². The van der Waals surface area contributed by atoms with Crippen LogP contribution >= 0.6 is 0 Å². The Balaban J connectivity index is 1.99. The number of hydrogen-bond acceptors (Lipinski definition) is 3. The molecule has 2 fully saturated rings. The van der Waals surface area contributed by atoms with Crippen LogP contribution in [0.2, 0.25) is 0 Å². The topological polar surface area (TPSA) is 43.4 Å². The first-order valence-corrected chi connectivity index (χ1v) is 6.64. The molecule has 0 aromatic rings. The van der Waals surface area contributed by atoms with E-state index in [2.05, 4.69) is 0 Å². The van der Waals surface area contributed by atoms with E-state index in [0.29, 0.717) is 11.8 Å². The monoisotopic (exact) mass is 216 g/mol. The summed E-state index contributed by atoms with van der Waals surface area (Å²) in [4.78, 5) is 0. The van der Waals surface area contributed by atoms with E-state index in [0.717, 1.165) is 24.7 Å². The number of allylic oxidation sites excluding steroid dienone is 1. The summed E-state index contributed by atoms with van der Waals surface area (Å²) in [5, 5.41) is 1.14. The Morgan fingerprint density at radius 3 is 2.57 bits per heavy atom. The van der Waals surface area contributed by atoms with Gasteiger partial charge in [-0.25, -0.2) is 0 Å². The average molecular weight is 216 g/mol. The molecule has 0 heterocycles. The Hall–Kier alpha value is -0.350. The van der Waals surface area contributed by atoms with Crippen LogP contribution in [0.4, 0.5) is 0 Å². The SMILES string of the molecule is C/C=C\S(=O)(=O)OC1CC2CCC1C2. The third-order valence-electron chi connectivity index (χ3n) is 3.23. The van der Waals surface area contributed by atoms with Crippen LogP contribution in [0.15, 0.2) is 11.5 Å². The summed E-state index contributed by atoms with van der Waals surface area (Å²) in [5.74, 6) is 1.20. The maximum absolute atomic E-state index is 11.4. The Morgan fingerprint density at radius 1 is 1.29 bits per heavy atom. The Bertz CT molecular complexity index is 331. The quantitative estimate of drug-likeness (QED) is 0.678. The van der Waals surface area contributed by atoms with E-state index < -0.39 is 10.1 Å². The molecule has 2 aliphatic carbocycles. The largest absolute Gasteiger partial charge is 0.290 e. The fourth-order valence-corrected chi connectivity index (χ4v) is 3.65. The van der Waals surface area contributed by atoms with Crippen molar-refractivity contribution in [2.45, 2.75) is 38.7 Å². The highest BCUT2D eigenvalue weighted by Gasteiger charge is 2.41. The molecule has 4 heteroatoms. The highest BCUT2D eigenvalue weighted by molar-refractivity contribution is 7.89. The minimum absolute atomic E-state index is 0.0463. The van der Waals surface area contributed by atoms with Crippen LogP contribution in [0.25, 0.3) is 0 Å². The second-order valence-electron chi connectivity index (χ2n) is 4.27. The molecule has 0 amide bonds. The van der Waals surface area contributed by atoms with Crippen LogP contribution in [0.1, 0.15) is 32.6 Å². The van der Waals surface area contributed by atoms with Crippen molar-refractivity contribution in [3.8, 4) is 0 Å². The molecule has 3 unspecified atom stereocenters. The lowest BCUT2D eigenvalue weighted by Gasteiger charge is -2.20. The third-order valence-corrected chi connectivity index (χ3v) is 4.35. The molecule has 2 aliphatic rings. The standard InChI is InChI=1S/C10H16O3S/c1-2-5-14(11,12)13-10-7-8-3-4-9(10)6-8/h2,5,8-10H,3-4,6-7H2,1H3/b5-2-. The van der Waals surface area contributed by atoms with Gasteiger partial charge in [-0.15, -0.1) is 0 Å². The van der Waals surface area contributed by atoms with Crippen molar-refractivity contribution < 1.29 is 12.6 Å². The molecule has 3 nitrogen and oxygen atoms in total. The predicted molar refractivity (Wildman–Crippen MR) is 54.1 cm³/mol. The zero-order chi connectivity index (χ0) is 10.2. The van der Waals surface area contributed by atoms with Crippen LogP contribution < -0.4 is 0 Å². The van der Waals surface area contributed by atoms with Crippen molar-refractivity contribution in [2.24, 2.45) is 11.8 Å². The summed E-state index contributed by atoms with van der Waals surface area (Å²) in [7, 11) is -3.42. The molecule has 0 saturated heterocycles. The molecular weight excluding hydrogens is 200 g/mol. The third kappa shape index (κ3) is 2.01. The first kappa shape index (κ1) is 10.2. The van der Waals surface area contributed by atoms with E-state index >= 15 is 0 Å². The van der Waals surface area contributed by atoms with Gasteiger partial charge in [0.05, 0.1) is 11.5 Å². The second-order valence-corrected chi connectivity index (χ2v) is 5.72. The van der Waals surface area contributed by atoms with Gasteiger partial charge < -0.3 is 0 Å². The maximum Gasteiger partial charge on any atom is 0.290 e. The molecule has 0 N–H and O–H groups in total. The number of rotatable bonds is 3. The van der Waals surface area contributed by atoms with E-state index in [-0.39, 0.29) is 6.10 Å². The molecule has 0 aromatic carbocycles. The smallest absolute Gasteiger partial charge is 0.263 e. The fraction of sp³-hybridized carbons (Fsp3) is 0.800. The molecule has 14 heavy (non-hydrogen) atoms. The highest BCUT2D eigenvalue weighted by Crippen LogP contribution is 2.46. The van der Waals surface area contributed by atoms with Crippen molar-refractivity contribution in [1.82, 2.24) is 0 Å². The molecule has 0 radical (unpaired) electrons. The van der Waals surface area contributed by atoms with E-state index in [9.17, 15) is 8.42 Å². The summed E-state index contributed by atoms with van der Waals surface area (Å²) >= 11 is 0. The van der Waals surface area contributed by atoms with Gasteiger partial charge in [-0.05, 0) is 44.4 Å². The van der Waals surface area contributed by atoms with E-state index in [4.69, 9.17) is 4.18 Å². The zero-order valence-electron chi connectivity index (χ0n) is 8.35. The van der Waals surface area contributed by atoms with Crippen LogP contribution in [0.3, 0.4) is 0 Å². The lowest BCUT2D eigenvalue weighted by atomic mass is 9.98. The van der Waals surface area contributed by atoms with Crippen molar-refractivity contribution in [3.05, 3.63) is 11.5 Å². The van der Waals surface area contributed by atoms with Gasteiger partial charge in [0.2, 0.25) is 0 Å². The van der Waals surface area contributed by atoms with Crippen molar-refractivity contribution in [3.63, 3.8) is 0 Å². The van der Waals surface area contributed by atoms with Gasteiger partial charge >= 0.3 is 0 Å². The van der Waals surface area contributed by atoms with E-state index in [1.54, 1.807) is 6.92 Å². The highest BCUT2D eigenvalue weighted by atomic mass is 32.2. The van der Waals surface area contributed by atoms with Gasteiger partial charge in [0.25, 0.3) is 10.1 Å². The van der Waals surface area contributed by atoms with Gasteiger partial charge in [0.15, 0.2) is 0 Å². The van der Waals surface area contributed by atoms with Crippen LogP contribution in [0, 0.1) is 11.8 Å². The first-order chi connectivity index (χ1) is 6.61. The van der Waals surface area contributed by atoms with Crippen molar-refractivity contribution in [2.75, 3.05) is 0 Å². The van der Waals surface area contributed by atoms with Crippen molar-refractivity contribution >= 4 is 10.1 Å². The molecule has 0 aliphatic heterocycles. The molecule has 2 saturated carbocycles. The summed E-state index contributed by atoms with van der Waals surface area (Å²) in [5.41, 5.74) is 0. The minimum Gasteiger partial charge on any atom is -0.263 e. The van der Waals surface area contributed by atoms with Gasteiger partial charge in [-0.2, -0.15) is 8.42 Å². The number of fused-ring (bicyclic) bond motifs is 2. The maximum atomic E-state index is 11.4. The fourth-order valence-electron chi connectivity index (χ4n) is 2.68. The molecule has 2 bridgehead atoms. The minimum atomic E-state index is -3.42. The first-order valence-electron chi connectivity index (χ1n) is 5.16. The van der Waals surface area contributed by atoms with E-state index in [1.807, 2.05) is 0 Å². The number of hydrogen-bond donors (Lipinski definition) is 0. The Kier molecular flexibility index (Phi) is 2.66. The molecule has 0 spiro atoms. The predicted octanol–water partition coefficient (Wildman–Crippen LogP) is 2.06. The van der Waals surface area contributed by atoms with E-state index in [1.165, 1.54) is 12.5 Å². The molecule has 3 atom stereocenters. The molecule has 2 rings (SSSR count). The van der Waals surface area contributed by atoms with Gasteiger partial charge in [0, 0.05) is 0 Å². The van der Waals surface area contributed by atoms with Gasteiger partial charge in [0.1, 0.15) is 0 Å². The van der Waals surface area contributed by atoms with Gasteiger partial charge in [-0.3, -0.25) is 4.18 Å². The normalized spacial score (nSPS) is 37.1. The molecule has 80 valence electrons. The Labute approximate surface area is 85.3 Å². The van der Waals surface area contributed by atoms with Crippen molar-refractivity contribution in [1.29, 1.82) is 0 Å². The lowest BCUT2D eigenvalue weighted by molar-refractivity contribution is 0.148. The summed E-state index contributed by atoms with van der Waals surface area (Å²) in [6, 6.07) is 0. The molecule has 0 aromatic heterocycles. The molecular formula is C10H16O3S. The Morgan fingerprint density at radius 2 is 2.07 bits per heavy atom. The van der Waals surface area contributed by atoms with Gasteiger partial charge in [-0.1, -0.05) is 6.08 Å². The lowest BCUT2D eigenvalue weighted by Crippen LogP contribution is -2.23. The zero-order valence-corrected chi connectivity index (χ0v) is 9.16. The second kappa shape index (κ2) is 3.66. The van der Waals surface area contributed by atoms with Crippen LogP contribution in [-0.4, -0.2) is 14.5 Å². The summed E-state index contributed by atoms with van der Waals surface area (Å²) < 4.78 is 27.9. The summed E-state index contributed by atoms with van der Waals surface area (Å²) in [6.07, 6.45) is 5.95. The van der Waals surface area contributed by atoms with Crippen LogP contribution in [0.5, 0.6) is 0 Å². The summed E-state index contributed by atoms with van der Waals surface area (Å²) in [6.45, 7) is 1.68.